The molecule has 1 aliphatic rings. The summed E-state index contributed by atoms with van der Waals surface area (Å²) in [4.78, 5) is 8.32. The highest BCUT2D eigenvalue weighted by Gasteiger charge is 2.32. The first-order chi connectivity index (χ1) is 10.3. The van der Waals surface area contributed by atoms with Crippen LogP contribution in [0.25, 0.3) is 17.5 Å². The molecule has 1 aromatic carbocycles. The molecule has 0 amide bonds. The van der Waals surface area contributed by atoms with Gasteiger partial charge < -0.3 is 5.11 Å². The molecule has 1 aromatic heterocycles. The van der Waals surface area contributed by atoms with Crippen LogP contribution in [0.4, 0.5) is 13.2 Å². The summed E-state index contributed by atoms with van der Waals surface area (Å²) in [5.74, 6) is -0.505. The SMILES string of the molecule is C=[N+]1C=c2ncc(-c3c(C)cc(C(F)(F)F)cc3O)nc2=N1. The second-order valence-electron chi connectivity index (χ2n) is 4.82. The van der Waals surface area contributed by atoms with Crippen LogP contribution in [0.1, 0.15) is 11.1 Å². The number of rotatable bonds is 1. The van der Waals surface area contributed by atoms with E-state index in [0.717, 1.165) is 6.07 Å². The fraction of sp³-hybridized carbons (Fsp3) is 0.143. The number of hydrogen-bond acceptors (Lipinski definition) is 4. The number of fused-ring (bicyclic) bond motifs is 1. The number of nitrogens with zero attached hydrogens (tertiary/aromatic N) is 4. The van der Waals surface area contributed by atoms with E-state index in [1.165, 1.54) is 17.8 Å². The van der Waals surface area contributed by atoms with Gasteiger partial charge in [0.1, 0.15) is 5.75 Å². The van der Waals surface area contributed by atoms with E-state index in [1.807, 2.05) is 0 Å². The molecule has 22 heavy (non-hydrogen) atoms. The van der Waals surface area contributed by atoms with Crippen molar-refractivity contribution < 1.29 is 23.0 Å². The van der Waals surface area contributed by atoms with Crippen LogP contribution in [-0.4, -0.2) is 26.5 Å². The Morgan fingerprint density at radius 3 is 2.64 bits per heavy atom. The number of halogens is 3. The molecular formula is C14H10F3N4O+. The van der Waals surface area contributed by atoms with E-state index in [9.17, 15) is 18.3 Å². The maximum absolute atomic E-state index is 12.7. The van der Waals surface area contributed by atoms with Gasteiger partial charge in [0.2, 0.25) is 6.20 Å². The van der Waals surface area contributed by atoms with Gasteiger partial charge in [-0.1, -0.05) is 4.68 Å². The van der Waals surface area contributed by atoms with Gasteiger partial charge in [-0.05, 0) is 24.6 Å². The number of benzene rings is 1. The highest BCUT2D eigenvalue weighted by atomic mass is 19.4. The van der Waals surface area contributed by atoms with Gasteiger partial charge in [0.05, 0.1) is 17.5 Å². The second kappa shape index (κ2) is 4.62. The van der Waals surface area contributed by atoms with E-state index in [4.69, 9.17) is 0 Å². The Morgan fingerprint density at radius 2 is 2.00 bits per heavy atom. The summed E-state index contributed by atoms with van der Waals surface area (Å²) >= 11 is 0. The van der Waals surface area contributed by atoms with Crippen LogP contribution in [0.5, 0.6) is 5.75 Å². The number of hydrogen-bond donors (Lipinski definition) is 1. The van der Waals surface area contributed by atoms with Crippen molar-refractivity contribution in [2.45, 2.75) is 13.1 Å². The van der Waals surface area contributed by atoms with Gasteiger partial charge in [0, 0.05) is 10.7 Å². The topological polar surface area (TPSA) is 61.4 Å². The Balaban J connectivity index is 2.19. The molecule has 1 N–H and O–H groups in total. The molecular weight excluding hydrogens is 297 g/mol. The Labute approximate surface area is 122 Å². The molecule has 0 saturated carbocycles. The second-order valence-corrected chi connectivity index (χ2v) is 4.82. The van der Waals surface area contributed by atoms with Crippen molar-refractivity contribution >= 4 is 12.9 Å². The van der Waals surface area contributed by atoms with E-state index in [0.29, 0.717) is 16.9 Å². The minimum absolute atomic E-state index is 0.195. The van der Waals surface area contributed by atoms with E-state index in [1.54, 1.807) is 6.20 Å². The fourth-order valence-corrected chi connectivity index (χ4v) is 2.23. The lowest BCUT2D eigenvalue weighted by atomic mass is 10.0. The van der Waals surface area contributed by atoms with Crippen molar-refractivity contribution in [2.75, 3.05) is 0 Å². The van der Waals surface area contributed by atoms with Crippen LogP contribution in [-0.2, 0) is 6.18 Å². The van der Waals surface area contributed by atoms with Crippen LogP contribution < -0.4 is 10.8 Å². The first-order valence-electron chi connectivity index (χ1n) is 6.20. The van der Waals surface area contributed by atoms with Gasteiger partial charge in [-0.2, -0.15) is 13.2 Å². The molecule has 0 fully saturated rings. The highest BCUT2D eigenvalue weighted by molar-refractivity contribution is 5.70. The molecule has 0 unspecified atom stereocenters. The molecule has 0 spiro atoms. The summed E-state index contributed by atoms with van der Waals surface area (Å²) in [6.07, 6.45) is -1.59. The minimum atomic E-state index is -4.52. The molecule has 0 saturated heterocycles. The first-order valence-corrected chi connectivity index (χ1v) is 6.20. The van der Waals surface area contributed by atoms with Crippen molar-refractivity contribution in [2.24, 2.45) is 5.10 Å². The van der Waals surface area contributed by atoms with E-state index in [2.05, 4.69) is 21.8 Å². The number of alkyl halides is 3. The van der Waals surface area contributed by atoms with Crippen molar-refractivity contribution in [3.05, 3.63) is 40.3 Å². The summed E-state index contributed by atoms with van der Waals surface area (Å²) in [5, 5.41) is 14.4. The van der Waals surface area contributed by atoms with Gasteiger partial charge in [0.15, 0.2) is 12.1 Å². The summed E-state index contributed by atoms with van der Waals surface area (Å²) in [5.41, 5.74) is 0.0690. The molecule has 0 bridgehead atoms. The zero-order valence-electron chi connectivity index (χ0n) is 11.4. The maximum Gasteiger partial charge on any atom is 0.416 e. The van der Waals surface area contributed by atoms with Crippen molar-refractivity contribution in [3.63, 3.8) is 0 Å². The van der Waals surface area contributed by atoms with Crippen molar-refractivity contribution in [1.82, 2.24) is 9.97 Å². The normalized spacial score (nSPS) is 13.5. The van der Waals surface area contributed by atoms with Gasteiger partial charge in [-0.25, -0.2) is 9.97 Å². The van der Waals surface area contributed by atoms with Gasteiger partial charge >= 0.3 is 6.18 Å². The maximum atomic E-state index is 12.7. The zero-order chi connectivity index (χ0) is 16.1. The number of phenols is 1. The molecule has 3 rings (SSSR count). The third kappa shape index (κ3) is 2.32. The van der Waals surface area contributed by atoms with Gasteiger partial charge in [0.25, 0.3) is 5.49 Å². The smallest absolute Gasteiger partial charge is 0.416 e. The van der Waals surface area contributed by atoms with E-state index < -0.39 is 17.5 Å². The van der Waals surface area contributed by atoms with Gasteiger partial charge in [-0.15, -0.1) is 0 Å². The number of aryl methyl sites for hydroxylation is 1. The lowest BCUT2D eigenvalue weighted by Gasteiger charge is -2.12. The molecule has 0 aliphatic carbocycles. The minimum Gasteiger partial charge on any atom is -0.507 e. The number of phenolic OH excluding ortho intramolecular Hbond substituents is 1. The lowest BCUT2D eigenvalue weighted by molar-refractivity contribution is -0.417. The Bertz CT molecular complexity index is 896. The summed E-state index contributed by atoms with van der Waals surface area (Å²) in [6, 6.07) is 1.63. The zero-order valence-corrected chi connectivity index (χ0v) is 11.4. The molecule has 2 aromatic rings. The molecule has 8 heteroatoms. The largest absolute Gasteiger partial charge is 0.507 e. The molecule has 0 radical (unpaired) electrons. The molecule has 0 atom stereocenters. The third-order valence-corrected chi connectivity index (χ3v) is 3.17. The molecule has 112 valence electrons. The Kier molecular flexibility index (Phi) is 2.98. The van der Waals surface area contributed by atoms with E-state index in [-0.39, 0.29) is 16.8 Å². The highest BCUT2D eigenvalue weighted by Crippen LogP contribution is 2.37. The summed E-state index contributed by atoms with van der Waals surface area (Å²) < 4.78 is 39.5. The van der Waals surface area contributed by atoms with Crippen molar-refractivity contribution in [1.29, 1.82) is 0 Å². The quantitative estimate of drug-likeness (QED) is 0.805. The van der Waals surface area contributed by atoms with E-state index >= 15 is 0 Å². The summed E-state index contributed by atoms with van der Waals surface area (Å²) in [7, 11) is 0. The predicted molar refractivity (Wildman–Crippen MR) is 71.5 cm³/mol. The predicted octanol–water partition coefficient (Wildman–Crippen LogP) is 1.18. The molecule has 1 aliphatic heterocycles. The number of aromatic hydroxyl groups is 1. The van der Waals surface area contributed by atoms with Crippen LogP contribution >= 0.6 is 0 Å². The Morgan fingerprint density at radius 1 is 1.27 bits per heavy atom. The average molecular weight is 307 g/mol. The monoisotopic (exact) mass is 307 g/mol. The van der Waals surface area contributed by atoms with Crippen LogP contribution in [0.2, 0.25) is 0 Å². The average Bonchev–Trinajstić information content (AvgIpc) is 2.76. The third-order valence-electron chi connectivity index (χ3n) is 3.17. The van der Waals surface area contributed by atoms with Crippen molar-refractivity contribution in [3.8, 4) is 17.0 Å². The molecule has 5 nitrogen and oxygen atoms in total. The summed E-state index contributed by atoms with van der Waals surface area (Å²) in [6.45, 7) is 5.05. The van der Waals surface area contributed by atoms with Gasteiger partial charge in [-0.3, -0.25) is 0 Å². The van der Waals surface area contributed by atoms with Crippen LogP contribution in [0.15, 0.2) is 23.4 Å². The van der Waals surface area contributed by atoms with Crippen LogP contribution in [0, 0.1) is 6.92 Å². The first kappa shape index (κ1) is 14.2. The number of aromatic nitrogens is 2. The Hall–Kier alpha value is -2.77. The van der Waals surface area contributed by atoms with Crippen LogP contribution in [0.3, 0.4) is 0 Å². The molecule has 2 heterocycles. The lowest BCUT2D eigenvalue weighted by Crippen LogP contribution is -2.28. The fourth-order valence-electron chi connectivity index (χ4n) is 2.23. The standard InChI is InChI=1S/C14H9F3N4O/c1-7-3-8(14(15,16)17)4-11(22)12(7)9-5-18-10-6-21(2)20-13(10)19-9/h3-6H,2H2,1H3/p+1.